The van der Waals surface area contributed by atoms with Gasteiger partial charge in [-0.05, 0) is 30.9 Å². The predicted octanol–water partition coefficient (Wildman–Crippen LogP) is 2.32. The highest BCUT2D eigenvalue weighted by atomic mass is 16.5. The van der Waals surface area contributed by atoms with Crippen LogP contribution in [0.3, 0.4) is 0 Å². The average Bonchev–Trinajstić information content (AvgIpc) is 3.04. The van der Waals surface area contributed by atoms with Crippen molar-refractivity contribution in [3.63, 3.8) is 0 Å². The molecule has 5 nitrogen and oxygen atoms in total. The van der Waals surface area contributed by atoms with Crippen molar-refractivity contribution in [3.05, 3.63) is 41.2 Å². The standard InChI is InChI=1S/C14H16N2O3/c1-9-4-5-11-12(7-9)19-16-13(11)14(17)15-8-10-3-2-6-18-10/h2-3,6,9H,4-5,7-8H2,1H3,(H,15,17). The molecular formula is C14H16N2O3. The number of rotatable bonds is 3. The number of fused-ring (bicyclic) bond motifs is 1. The molecule has 0 aliphatic heterocycles. The Balaban J connectivity index is 1.70. The molecule has 0 saturated carbocycles. The van der Waals surface area contributed by atoms with Gasteiger partial charge in [-0.15, -0.1) is 0 Å². The molecule has 3 rings (SSSR count). The molecule has 0 radical (unpaired) electrons. The third-order valence-corrected chi connectivity index (χ3v) is 3.51. The number of aromatic nitrogens is 1. The normalized spacial score (nSPS) is 18.1. The van der Waals surface area contributed by atoms with Crippen molar-refractivity contribution in [1.82, 2.24) is 10.5 Å². The molecule has 1 aliphatic carbocycles. The fourth-order valence-corrected chi connectivity index (χ4v) is 2.41. The van der Waals surface area contributed by atoms with E-state index >= 15 is 0 Å². The molecule has 1 atom stereocenters. The van der Waals surface area contributed by atoms with Crippen molar-refractivity contribution in [2.75, 3.05) is 0 Å². The van der Waals surface area contributed by atoms with E-state index in [-0.39, 0.29) is 5.91 Å². The number of carbonyl (C=O) groups is 1. The van der Waals surface area contributed by atoms with Gasteiger partial charge >= 0.3 is 0 Å². The smallest absolute Gasteiger partial charge is 0.274 e. The summed E-state index contributed by atoms with van der Waals surface area (Å²) >= 11 is 0. The molecule has 2 aromatic rings. The van der Waals surface area contributed by atoms with E-state index in [2.05, 4.69) is 17.4 Å². The lowest BCUT2D eigenvalue weighted by Crippen LogP contribution is -2.24. The lowest BCUT2D eigenvalue weighted by Gasteiger charge is -2.15. The summed E-state index contributed by atoms with van der Waals surface area (Å²) < 4.78 is 10.5. The van der Waals surface area contributed by atoms with Crippen LogP contribution in [0.2, 0.25) is 0 Å². The molecule has 2 aromatic heterocycles. The number of carbonyl (C=O) groups excluding carboxylic acids is 1. The first kappa shape index (κ1) is 12.0. The Kier molecular flexibility index (Phi) is 3.11. The van der Waals surface area contributed by atoms with Crippen molar-refractivity contribution in [2.45, 2.75) is 32.7 Å². The predicted molar refractivity (Wildman–Crippen MR) is 67.6 cm³/mol. The van der Waals surface area contributed by atoms with Gasteiger partial charge in [0.1, 0.15) is 11.5 Å². The van der Waals surface area contributed by atoms with Crippen LogP contribution in [-0.2, 0) is 19.4 Å². The summed E-state index contributed by atoms with van der Waals surface area (Å²) in [6.07, 6.45) is 4.39. The largest absolute Gasteiger partial charge is 0.467 e. The van der Waals surface area contributed by atoms with Gasteiger partial charge in [0.15, 0.2) is 5.69 Å². The number of amides is 1. The van der Waals surface area contributed by atoms with Crippen molar-refractivity contribution < 1.29 is 13.7 Å². The Hall–Kier alpha value is -2.04. The summed E-state index contributed by atoms with van der Waals surface area (Å²) in [5.74, 6) is 1.98. The third-order valence-electron chi connectivity index (χ3n) is 3.51. The number of nitrogens with one attached hydrogen (secondary N) is 1. The van der Waals surface area contributed by atoms with Crippen LogP contribution in [0.15, 0.2) is 27.3 Å². The summed E-state index contributed by atoms with van der Waals surface area (Å²) in [7, 11) is 0. The number of furan rings is 1. The van der Waals surface area contributed by atoms with E-state index in [1.807, 2.05) is 6.07 Å². The zero-order chi connectivity index (χ0) is 13.2. The molecule has 0 fully saturated rings. The molecule has 1 unspecified atom stereocenters. The second-order valence-electron chi connectivity index (χ2n) is 5.04. The zero-order valence-corrected chi connectivity index (χ0v) is 10.8. The second kappa shape index (κ2) is 4.91. The van der Waals surface area contributed by atoms with Gasteiger partial charge < -0.3 is 14.3 Å². The van der Waals surface area contributed by atoms with Gasteiger partial charge in [-0.25, -0.2) is 0 Å². The molecule has 100 valence electrons. The number of hydrogen-bond donors (Lipinski definition) is 1. The maximum absolute atomic E-state index is 12.1. The van der Waals surface area contributed by atoms with Crippen molar-refractivity contribution in [3.8, 4) is 0 Å². The first-order chi connectivity index (χ1) is 9.24. The summed E-state index contributed by atoms with van der Waals surface area (Å²) in [5.41, 5.74) is 1.39. The van der Waals surface area contributed by atoms with Crippen molar-refractivity contribution >= 4 is 5.91 Å². The Bertz CT molecular complexity index is 572. The van der Waals surface area contributed by atoms with E-state index in [9.17, 15) is 4.79 Å². The van der Waals surface area contributed by atoms with Gasteiger partial charge in [0.2, 0.25) is 0 Å². The van der Waals surface area contributed by atoms with Crippen molar-refractivity contribution in [1.29, 1.82) is 0 Å². The van der Waals surface area contributed by atoms with Crippen LogP contribution in [-0.4, -0.2) is 11.1 Å². The molecule has 0 aromatic carbocycles. The molecule has 0 bridgehead atoms. The molecule has 2 heterocycles. The zero-order valence-electron chi connectivity index (χ0n) is 10.8. The van der Waals surface area contributed by atoms with E-state index in [1.54, 1.807) is 12.3 Å². The van der Waals surface area contributed by atoms with Gasteiger partial charge in [-0.2, -0.15) is 0 Å². The maximum atomic E-state index is 12.1. The fraction of sp³-hybridized carbons (Fsp3) is 0.429. The van der Waals surface area contributed by atoms with E-state index in [1.165, 1.54) is 0 Å². The Morgan fingerprint density at radius 3 is 3.26 bits per heavy atom. The van der Waals surface area contributed by atoms with Crippen LogP contribution in [0.25, 0.3) is 0 Å². The lowest BCUT2D eigenvalue weighted by molar-refractivity contribution is 0.0938. The van der Waals surface area contributed by atoms with Gasteiger partial charge in [-0.3, -0.25) is 4.79 Å². The minimum absolute atomic E-state index is 0.198. The molecule has 1 N–H and O–H groups in total. The minimum atomic E-state index is -0.198. The van der Waals surface area contributed by atoms with Crippen LogP contribution < -0.4 is 5.32 Å². The Morgan fingerprint density at radius 1 is 1.58 bits per heavy atom. The van der Waals surface area contributed by atoms with Crippen LogP contribution in [0.1, 0.15) is 40.9 Å². The van der Waals surface area contributed by atoms with Crippen LogP contribution in [0.4, 0.5) is 0 Å². The molecule has 0 spiro atoms. The highest BCUT2D eigenvalue weighted by Crippen LogP contribution is 2.27. The topological polar surface area (TPSA) is 68.3 Å². The summed E-state index contributed by atoms with van der Waals surface area (Å²) in [6, 6.07) is 3.61. The summed E-state index contributed by atoms with van der Waals surface area (Å²) in [6.45, 7) is 2.55. The first-order valence-corrected chi connectivity index (χ1v) is 6.52. The van der Waals surface area contributed by atoms with Crippen LogP contribution in [0.5, 0.6) is 0 Å². The quantitative estimate of drug-likeness (QED) is 0.919. The Labute approximate surface area is 111 Å². The summed E-state index contributed by atoms with van der Waals surface area (Å²) in [4.78, 5) is 12.1. The van der Waals surface area contributed by atoms with Crippen molar-refractivity contribution in [2.24, 2.45) is 5.92 Å². The first-order valence-electron chi connectivity index (χ1n) is 6.52. The van der Waals surface area contributed by atoms with Gasteiger partial charge in [-0.1, -0.05) is 12.1 Å². The maximum Gasteiger partial charge on any atom is 0.274 e. The number of hydrogen-bond acceptors (Lipinski definition) is 4. The molecule has 5 heteroatoms. The second-order valence-corrected chi connectivity index (χ2v) is 5.04. The van der Waals surface area contributed by atoms with Crippen LogP contribution >= 0.6 is 0 Å². The van der Waals surface area contributed by atoms with Gasteiger partial charge in [0.25, 0.3) is 5.91 Å². The SMILES string of the molecule is CC1CCc2c(C(=O)NCc3ccco3)noc2C1. The minimum Gasteiger partial charge on any atom is -0.467 e. The highest BCUT2D eigenvalue weighted by Gasteiger charge is 2.26. The van der Waals surface area contributed by atoms with Gasteiger partial charge in [0, 0.05) is 12.0 Å². The molecule has 1 amide bonds. The van der Waals surface area contributed by atoms with Crippen LogP contribution in [0, 0.1) is 5.92 Å². The molecule has 0 saturated heterocycles. The number of nitrogens with zero attached hydrogens (tertiary/aromatic N) is 1. The third kappa shape index (κ3) is 2.41. The highest BCUT2D eigenvalue weighted by molar-refractivity contribution is 5.93. The lowest BCUT2D eigenvalue weighted by atomic mass is 9.88. The monoisotopic (exact) mass is 260 g/mol. The van der Waals surface area contributed by atoms with E-state index in [0.717, 1.165) is 36.3 Å². The average molecular weight is 260 g/mol. The summed E-state index contributed by atoms with van der Waals surface area (Å²) in [5, 5.41) is 6.71. The molecule has 1 aliphatic rings. The van der Waals surface area contributed by atoms with Gasteiger partial charge in [0.05, 0.1) is 12.8 Å². The van der Waals surface area contributed by atoms with E-state index in [0.29, 0.717) is 18.2 Å². The molecule has 19 heavy (non-hydrogen) atoms. The van der Waals surface area contributed by atoms with E-state index < -0.39 is 0 Å². The molecular weight excluding hydrogens is 244 g/mol. The Morgan fingerprint density at radius 2 is 2.47 bits per heavy atom. The van der Waals surface area contributed by atoms with E-state index in [4.69, 9.17) is 8.94 Å². The fourth-order valence-electron chi connectivity index (χ4n) is 2.41.